The molecule has 0 unspecified atom stereocenters. The standard InChI is InChI=1S/C9H13NO2.C2H6O2/c11-7-2-3-8-6(5-7)1-4-9(12)10-8;3-1-2-4/h6,8H,1-5H2,(H,10,12);3-4H,1-2H2/t6-,8-;/m0./s1. The van der Waals surface area contributed by atoms with E-state index in [9.17, 15) is 9.59 Å². The minimum absolute atomic E-state index is 0.125. The second-order valence-electron chi connectivity index (χ2n) is 4.20. The largest absolute Gasteiger partial charge is 0.394 e. The highest BCUT2D eigenvalue weighted by Gasteiger charge is 2.33. The lowest BCUT2D eigenvalue weighted by Crippen LogP contribution is -2.47. The molecule has 5 nitrogen and oxygen atoms in total. The number of nitrogens with one attached hydrogen (secondary N) is 1. The molecule has 1 aliphatic carbocycles. The van der Waals surface area contributed by atoms with Crippen LogP contribution >= 0.6 is 0 Å². The Morgan fingerprint density at radius 2 is 1.81 bits per heavy atom. The molecule has 0 spiro atoms. The lowest BCUT2D eigenvalue weighted by atomic mass is 9.79. The number of Topliss-reactive ketones (excluding diaryl/α,β-unsaturated/α-hetero) is 1. The van der Waals surface area contributed by atoms with Crippen LogP contribution in [0, 0.1) is 5.92 Å². The van der Waals surface area contributed by atoms with Gasteiger partial charge in [0.15, 0.2) is 0 Å². The molecule has 3 N–H and O–H groups in total. The molecule has 5 heteroatoms. The van der Waals surface area contributed by atoms with E-state index < -0.39 is 0 Å². The lowest BCUT2D eigenvalue weighted by molar-refractivity contribution is -0.129. The van der Waals surface area contributed by atoms with Crippen molar-refractivity contribution in [3.63, 3.8) is 0 Å². The number of carbonyl (C=O) groups excluding carboxylic acids is 2. The van der Waals surface area contributed by atoms with Gasteiger partial charge in [-0.3, -0.25) is 9.59 Å². The number of aliphatic hydroxyl groups excluding tert-OH is 2. The van der Waals surface area contributed by atoms with Crippen molar-refractivity contribution in [2.45, 2.75) is 38.1 Å². The van der Waals surface area contributed by atoms with E-state index >= 15 is 0 Å². The average molecular weight is 229 g/mol. The Balaban J connectivity index is 0.000000280. The Bertz CT molecular complexity index is 228. The summed E-state index contributed by atoms with van der Waals surface area (Å²) in [4.78, 5) is 22.1. The van der Waals surface area contributed by atoms with Gasteiger partial charge in [-0.05, 0) is 18.8 Å². The first kappa shape index (κ1) is 13.1. The van der Waals surface area contributed by atoms with Crippen LogP contribution in [0.2, 0.25) is 0 Å². The number of piperidine rings is 1. The summed E-state index contributed by atoms with van der Waals surface area (Å²) in [5.74, 6) is 0.960. The lowest BCUT2D eigenvalue weighted by Gasteiger charge is -2.35. The zero-order chi connectivity index (χ0) is 12.0. The molecule has 16 heavy (non-hydrogen) atoms. The summed E-state index contributed by atoms with van der Waals surface area (Å²) in [5, 5.41) is 18.2. The molecule has 1 saturated carbocycles. The van der Waals surface area contributed by atoms with Gasteiger partial charge in [-0.1, -0.05) is 0 Å². The van der Waals surface area contributed by atoms with Crippen molar-refractivity contribution in [1.82, 2.24) is 5.32 Å². The normalized spacial score (nSPS) is 28.6. The molecular weight excluding hydrogens is 210 g/mol. The molecule has 1 amide bonds. The Morgan fingerprint density at radius 1 is 1.12 bits per heavy atom. The summed E-state index contributed by atoms with van der Waals surface area (Å²) in [6.45, 7) is -0.250. The number of hydrogen-bond acceptors (Lipinski definition) is 4. The number of amides is 1. The van der Waals surface area contributed by atoms with Gasteiger partial charge >= 0.3 is 0 Å². The molecular formula is C11H19NO4. The molecule has 2 aliphatic rings. The van der Waals surface area contributed by atoms with Gasteiger partial charge in [-0.25, -0.2) is 0 Å². The summed E-state index contributed by atoms with van der Waals surface area (Å²) in [5.41, 5.74) is 0. The number of aliphatic hydroxyl groups is 2. The summed E-state index contributed by atoms with van der Waals surface area (Å²) >= 11 is 0. The minimum atomic E-state index is -0.125. The monoisotopic (exact) mass is 229 g/mol. The quantitative estimate of drug-likeness (QED) is 0.571. The second kappa shape index (κ2) is 6.60. The van der Waals surface area contributed by atoms with Crippen molar-refractivity contribution in [3.8, 4) is 0 Å². The molecule has 0 radical (unpaired) electrons. The molecule has 2 atom stereocenters. The third-order valence-electron chi connectivity index (χ3n) is 2.98. The number of carbonyl (C=O) groups is 2. The van der Waals surface area contributed by atoms with E-state index in [0.29, 0.717) is 37.0 Å². The summed E-state index contributed by atoms with van der Waals surface area (Å²) in [6.07, 6.45) is 3.71. The maximum Gasteiger partial charge on any atom is 0.220 e. The first-order chi connectivity index (χ1) is 7.67. The zero-order valence-corrected chi connectivity index (χ0v) is 9.32. The molecule has 1 aliphatic heterocycles. The van der Waals surface area contributed by atoms with Crippen LogP contribution in [0.3, 0.4) is 0 Å². The number of hydrogen-bond donors (Lipinski definition) is 3. The van der Waals surface area contributed by atoms with E-state index in [-0.39, 0.29) is 19.1 Å². The molecule has 0 aromatic heterocycles. The molecule has 2 rings (SSSR count). The van der Waals surface area contributed by atoms with E-state index in [2.05, 4.69) is 5.32 Å². The molecule has 0 bridgehead atoms. The van der Waals surface area contributed by atoms with Crippen molar-refractivity contribution >= 4 is 11.7 Å². The van der Waals surface area contributed by atoms with Crippen molar-refractivity contribution < 1.29 is 19.8 Å². The van der Waals surface area contributed by atoms with Crippen molar-refractivity contribution in [3.05, 3.63) is 0 Å². The maximum absolute atomic E-state index is 11.1. The maximum atomic E-state index is 11.1. The van der Waals surface area contributed by atoms with Crippen LogP contribution < -0.4 is 5.32 Å². The fourth-order valence-corrected chi connectivity index (χ4v) is 2.18. The summed E-state index contributed by atoms with van der Waals surface area (Å²) < 4.78 is 0. The van der Waals surface area contributed by atoms with Gasteiger partial charge in [-0.15, -0.1) is 0 Å². The van der Waals surface area contributed by atoms with Crippen LogP contribution in [0.1, 0.15) is 32.1 Å². The predicted molar refractivity (Wildman–Crippen MR) is 57.7 cm³/mol. The topological polar surface area (TPSA) is 86.6 Å². The first-order valence-corrected chi connectivity index (χ1v) is 5.70. The van der Waals surface area contributed by atoms with Gasteiger partial charge in [-0.2, -0.15) is 0 Å². The van der Waals surface area contributed by atoms with Gasteiger partial charge < -0.3 is 15.5 Å². The van der Waals surface area contributed by atoms with E-state index in [1.165, 1.54) is 0 Å². The Kier molecular flexibility index (Phi) is 5.42. The van der Waals surface area contributed by atoms with Crippen molar-refractivity contribution in [1.29, 1.82) is 0 Å². The second-order valence-corrected chi connectivity index (χ2v) is 4.20. The molecule has 1 heterocycles. The number of ketones is 1. The molecule has 1 saturated heterocycles. The smallest absolute Gasteiger partial charge is 0.220 e. The van der Waals surface area contributed by atoms with Crippen LogP contribution in [-0.2, 0) is 9.59 Å². The molecule has 2 fully saturated rings. The third-order valence-corrected chi connectivity index (χ3v) is 2.98. The van der Waals surface area contributed by atoms with E-state index in [4.69, 9.17) is 10.2 Å². The predicted octanol–water partition coefficient (Wildman–Crippen LogP) is -0.395. The highest BCUT2D eigenvalue weighted by atomic mass is 16.3. The molecule has 92 valence electrons. The highest BCUT2D eigenvalue weighted by molar-refractivity contribution is 5.82. The number of fused-ring (bicyclic) bond motifs is 1. The number of rotatable bonds is 1. The van der Waals surface area contributed by atoms with Crippen LogP contribution in [0.15, 0.2) is 0 Å². The Morgan fingerprint density at radius 3 is 2.44 bits per heavy atom. The van der Waals surface area contributed by atoms with Crippen LogP contribution in [0.25, 0.3) is 0 Å². The Labute approximate surface area is 94.8 Å². The Hall–Kier alpha value is -0.940. The van der Waals surface area contributed by atoms with Gasteiger partial charge in [0.2, 0.25) is 5.91 Å². The first-order valence-electron chi connectivity index (χ1n) is 5.70. The SMILES string of the molecule is O=C1CC[C@@H]2NC(=O)CC[C@H]2C1.OCCO. The highest BCUT2D eigenvalue weighted by Crippen LogP contribution is 2.28. The van der Waals surface area contributed by atoms with Gasteiger partial charge in [0.05, 0.1) is 13.2 Å². The summed E-state index contributed by atoms with van der Waals surface area (Å²) in [7, 11) is 0. The summed E-state index contributed by atoms with van der Waals surface area (Å²) in [6, 6.07) is 0.295. The minimum Gasteiger partial charge on any atom is -0.394 e. The molecule has 0 aromatic carbocycles. The van der Waals surface area contributed by atoms with Crippen LogP contribution in [0.4, 0.5) is 0 Å². The third kappa shape index (κ3) is 3.90. The zero-order valence-electron chi connectivity index (χ0n) is 9.32. The fraction of sp³-hybridized carbons (Fsp3) is 0.818. The van der Waals surface area contributed by atoms with Gasteiger partial charge in [0.1, 0.15) is 5.78 Å². The molecule has 0 aromatic rings. The van der Waals surface area contributed by atoms with E-state index in [1.54, 1.807) is 0 Å². The average Bonchev–Trinajstić information content (AvgIpc) is 2.30. The van der Waals surface area contributed by atoms with Crippen molar-refractivity contribution in [2.75, 3.05) is 13.2 Å². The fourth-order valence-electron chi connectivity index (χ4n) is 2.18. The van der Waals surface area contributed by atoms with Crippen LogP contribution in [0.5, 0.6) is 0 Å². The van der Waals surface area contributed by atoms with Gasteiger partial charge in [0.25, 0.3) is 0 Å². The van der Waals surface area contributed by atoms with E-state index in [0.717, 1.165) is 12.8 Å². The van der Waals surface area contributed by atoms with Crippen molar-refractivity contribution in [2.24, 2.45) is 5.92 Å². The van der Waals surface area contributed by atoms with Gasteiger partial charge in [0, 0.05) is 25.3 Å². The van der Waals surface area contributed by atoms with E-state index in [1.807, 2.05) is 0 Å². The van der Waals surface area contributed by atoms with Crippen LogP contribution in [-0.4, -0.2) is 41.2 Å².